The van der Waals surface area contributed by atoms with Crippen LogP contribution in [0.1, 0.15) is 0 Å². The standard InChI is InChI=1S/C57H35N5O/c1-4-18-36(19-5-1)55-58-56(37-20-6-2-7-21-37)60-57(59-55)45-30-15-29-44-51-40(26-16-35-50(51)63-54(44)45)42-28-14-27-41-39-24-10-12-31-46(39)62(53(41)42)49-34-17-33-48-52(49)43-25-11-13-32-47(43)61(48)38-22-8-3-9-23-38/h1-35H. The SMILES string of the molecule is c1ccc(-c2nc(-c3ccccc3)nc(-c3cccc4c3oc3cccc(-c5cccc6c7ccccc7n(-c7cccc8c7c7ccccc7n8-c7ccccc7)c56)c34)n2)cc1. The zero-order chi connectivity index (χ0) is 41.4. The van der Waals surface area contributed by atoms with E-state index in [0.29, 0.717) is 17.5 Å². The van der Waals surface area contributed by atoms with Crippen LogP contribution in [0.2, 0.25) is 0 Å². The smallest absolute Gasteiger partial charge is 0.167 e. The highest BCUT2D eigenvalue weighted by Crippen LogP contribution is 2.46. The molecule has 0 aliphatic heterocycles. The molecule has 13 rings (SSSR count). The average Bonchev–Trinajstić information content (AvgIpc) is 4.03. The molecular formula is C57H35N5O. The Labute approximate surface area is 361 Å². The number of para-hydroxylation sites is 5. The average molecular weight is 806 g/mol. The molecule has 4 aromatic heterocycles. The molecule has 0 fully saturated rings. The lowest BCUT2D eigenvalue weighted by molar-refractivity contribution is 0.669. The lowest BCUT2D eigenvalue weighted by atomic mass is 9.96. The van der Waals surface area contributed by atoms with Gasteiger partial charge < -0.3 is 13.6 Å². The van der Waals surface area contributed by atoms with Crippen LogP contribution in [-0.2, 0) is 0 Å². The molecule has 13 aromatic rings. The number of nitrogens with zero attached hydrogens (tertiary/aromatic N) is 5. The van der Waals surface area contributed by atoms with Gasteiger partial charge in [-0.25, -0.2) is 15.0 Å². The first-order chi connectivity index (χ1) is 31.3. The van der Waals surface area contributed by atoms with Gasteiger partial charge in [-0.2, -0.15) is 0 Å². The minimum Gasteiger partial charge on any atom is -0.455 e. The highest BCUT2D eigenvalue weighted by atomic mass is 16.3. The summed E-state index contributed by atoms with van der Waals surface area (Å²) in [5.41, 5.74) is 13.2. The van der Waals surface area contributed by atoms with Gasteiger partial charge in [-0.1, -0.05) is 164 Å². The summed E-state index contributed by atoms with van der Waals surface area (Å²) in [7, 11) is 0. The first kappa shape index (κ1) is 35.2. The Hall–Kier alpha value is -8.61. The first-order valence-electron chi connectivity index (χ1n) is 21.2. The van der Waals surface area contributed by atoms with Crippen LogP contribution < -0.4 is 0 Å². The maximum absolute atomic E-state index is 6.92. The molecule has 9 aromatic carbocycles. The maximum Gasteiger partial charge on any atom is 0.167 e. The van der Waals surface area contributed by atoms with Crippen molar-refractivity contribution < 1.29 is 4.42 Å². The Bertz CT molecular complexity index is 3850. The molecule has 0 radical (unpaired) electrons. The first-order valence-corrected chi connectivity index (χ1v) is 21.2. The van der Waals surface area contributed by atoms with Crippen LogP contribution in [0.15, 0.2) is 217 Å². The summed E-state index contributed by atoms with van der Waals surface area (Å²) in [6.07, 6.45) is 0. The van der Waals surface area contributed by atoms with Gasteiger partial charge in [0.1, 0.15) is 11.2 Å². The van der Waals surface area contributed by atoms with Crippen molar-refractivity contribution in [1.82, 2.24) is 24.1 Å². The lowest BCUT2D eigenvalue weighted by Crippen LogP contribution is -2.00. The summed E-state index contributed by atoms with van der Waals surface area (Å²) in [4.78, 5) is 15.1. The van der Waals surface area contributed by atoms with Crippen LogP contribution in [0.25, 0.3) is 122 Å². The highest BCUT2D eigenvalue weighted by molar-refractivity contribution is 6.22. The number of hydrogen-bond acceptors (Lipinski definition) is 4. The van der Waals surface area contributed by atoms with Crippen LogP contribution >= 0.6 is 0 Å². The third-order valence-corrected chi connectivity index (χ3v) is 12.4. The largest absolute Gasteiger partial charge is 0.455 e. The van der Waals surface area contributed by atoms with Crippen molar-refractivity contribution in [2.24, 2.45) is 0 Å². The van der Waals surface area contributed by atoms with E-state index in [9.17, 15) is 0 Å². The molecule has 294 valence electrons. The van der Waals surface area contributed by atoms with Crippen LogP contribution in [-0.4, -0.2) is 24.1 Å². The van der Waals surface area contributed by atoms with E-state index in [0.717, 1.165) is 77.7 Å². The van der Waals surface area contributed by atoms with Gasteiger partial charge in [-0.3, -0.25) is 0 Å². The van der Waals surface area contributed by atoms with Gasteiger partial charge >= 0.3 is 0 Å². The monoisotopic (exact) mass is 805 g/mol. The normalized spacial score (nSPS) is 11.8. The third kappa shape index (κ3) is 5.41. The number of rotatable bonds is 6. The van der Waals surface area contributed by atoms with E-state index in [4.69, 9.17) is 19.4 Å². The molecule has 0 bridgehead atoms. The quantitative estimate of drug-likeness (QED) is 0.168. The predicted molar refractivity (Wildman–Crippen MR) is 258 cm³/mol. The second-order valence-electron chi connectivity index (χ2n) is 15.9. The lowest BCUT2D eigenvalue weighted by Gasteiger charge is -2.14. The van der Waals surface area contributed by atoms with E-state index >= 15 is 0 Å². The summed E-state index contributed by atoms with van der Waals surface area (Å²) in [6, 6.07) is 74.4. The highest BCUT2D eigenvalue weighted by Gasteiger charge is 2.24. The zero-order valence-electron chi connectivity index (χ0n) is 33.9. The van der Waals surface area contributed by atoms with Crippen molar-refractivity contribution in [3.05, 3.63) is 212 Å². The fourth-order valence-electron chi connectivity index (χ4n) is 9.71. The van der Waals surface area contributed by atoms with Gasteiger partial charge in [0.15, 0.2) is 17.5 Å². The van der Waals surface area contributed by atoms with Crippen LogP contribution in [0.3, 0.4) is 0 Å². The Kier molecular flexibility index (Phi) is 7.80. The van der Waals surface area contributed by atoms with Crippen LogP contribution in [0, 0.1) is 0 Å². The predicted octanol–water partition coefficient (Wildman–Crippen LogP) is 14.6. The van der Waals surface area contributed by atoms with Crippen molar-refractivity contribution in [3.63, 3.8) is 0 Å². The number of benzene rings is 9. The van der Waals surface area contributed by atoms with Gasteiger partial charge in [-0.15, -0.1) is 0 Å². The van der Waals surface area contributed by atoms with Crippen molar-refractivity contribution >= 4 is 65.6 Å². The van der Waals surface area contributed by atoms with E-state index in [1.54, 1.807) is 0 Å². The molecule has 6 nitrogen and oxygen atoms in total. The van der Waals surface area contributed by atoms with Crippen molar-refractivity contribution in [2.75, 3.05) is 0 Å². The topological polar surface area (TPSA) is 61.7 Å². The van der Waals surface area contributed by atoms with Crippen molar-refractivity contribution in [1.29, 1.82) is 0 Å². The zero-order valence-corrected chi connectivity index (χ0v) is 33.9. The molecule has 6 heteroatoms. The number of aromatic nitrogens is 5. The minimum absolute atomic E-state index is 0.555. The molecule has 0 spiro atoms. The van der Waals surface area contributed by atoms with Crippen LogP contribution in [0.4, 0.5) is 0 Å². The summed E-state index contributed by atoms with van der Waals surface area (Å²) < 4.78 is 11.8. The molecule has 4 heterocycles. The van der Waals surface area contributed by atoms with Crippen LogP contribution in [0.5, 0.6) is 0 Å². The van der Waals surface area contributed by atoms with Gasteiger partial charge in [0.2, 0.25) is 0 Å². The molecule has 0 saturated carbocycles. The van der Waals surface area contributed by atoms with E-state index in [2.05, 4.69) is 161 Å². The van der Waals surface area contributed by atoms with E-state index in [1.807, 2.05) is 60.7 Å². The maximum atomic E-state index is 6.92. The Balaban J connectivity index is 1.08. The van der Waals surface area contributed by atoms with E-state index in [1.165, 1.54) is 27.1 Å². The number of fused-ring (bicyclic) bond motifs is 9. The third-order valence-electron chi connectivity index (χ3n) is 12.4. The minimum atomic E-state index is 0.555. The molecule has 63 heavy (non-hydrogen) atoms. The molecule has 0 unspecified atom stereocenters. The second-order valence-corrected chi connectivity index (χ2v) is 15.9. The molecule has 0 N–H and O–H groups in total. The molecule has 0 amide bonds. The van der Waals surface area contributed by atoms with Gasteiger partial charge in [0, 0.05) is 54.7 Å². The molecule has 0 saturated heterocycles. The Morgan fingerprint density at radius 1 is 0.333 bits per heavy atom. The van der Waals surface area contributed by atoms with Gasteiger partial charge in [0.05, 0.1) is 33.3 Å². The summed E-state index contributed by atoms with van der Waals surface area (Å²) in [6.45, 7) is 0. The number of hydrogen-bond donors (Lipinski definition) is 0. The van der Waals surface area contributed by atoms with Crippen molar-refractivity contribution in [2.45, 2.75) is 0 Å². The fraction of sp³-hybridized carbons (Fsp3) is 0. The summed E-state index contributed by atoms with van der Waals surface area (Å²) >= 11 is 0. The van der Waals surface area contributed by atoms with E-state index < -0.39 is 0 Å². The molecule has 0 aliphatic carbocycles. The fourth-order valence-corrected chi connectivity index (χ4v) is 9.71. The molecular weight excluding hydrogens is 771 g/mol. The van der Waals surface area contributed by atoms with Gasteiger partial charge in [-0.05, 0) is 54.1 Å². The Morgan fingerprint density at radius 3 is 1.59 bits per heavy atom. The molecule has 0 atom stereocenters. The Morgan fingerprint density at radius 2 is 0.857 bits per heavy atom. The second kappa shape index (κ2) is 14.0. The number of furan rings is 1. The summed E-state index contributed by atoms with van der Waals surface area (Å²) in [5, 5.41) is 6.82. The van der Waals surface area contributed by atoms with Crippen molar-refractivity contribution in [3.8, 4) is 56.7 Å². The van der Waals surface area contributed by atoms with E-state index in [-0.39, 0.29) is 0 Å². The summed E-state index contributed by atoms with van der Waals surface area (Å²) in [5.74, 6) is 1.77. The molecule has 0 aliphatic rings. The van der Waals surface area contributed by atoms with Gasteiger partial charge in [0.25, 0.3) is 0 Å².